The van der Waals surface area contributed by atoms with Crippen LogP contribution >= 0.6 is 0 Å². The van der Waals surface area contributed by atoms with Crippen LogP contribution in [0.3, 0.4) is 0 Å². The fourth-order valence-electron chi connectivity index (χ4n) is 0.752. The fraction of sp³-hybridized carbons (Fsp3) is 0.571. The van der Waals surface area contributed by atoms with Gasteiger partial charge in [-0.05, 0) is 6.42 Å². The Balaban J connectivity index is 4.18. The van der Waals surface area contributed by atoms with E-state index in [0.29, 0.717) is 0 Å². The first-order valence-corrected chi connectivity index (χ1v) is 3.51. The van der Waals surface area contributed by atoms with E-state index in [1.54, 1.807) is 0 Å². The smallest absolute Gasteiger partial charge is 0.320 e. The van der Waals surface area contributed by atoms with Gasteiger partial charge in [0.15, 0.2) is 5.92 Å². The van der Waals surface area contributed by atoms with Crippen molar-refractivity contribution in [2.75, 3.05) is 7.11 Å². The molecule has 0 aliphatic rings. The molecule has 0 aliphatic heterocycles. The molecule has 0 radical (unpaired) electrons. The van der Waals surface area contributed by atoms with Gasteiger partial charge in [-0.3, -0.25) is 14.4 Å². The average molecular weight is 190 g/mol. The molecule has 0 rings (SSSR count). The molecular weight excluding hydrogens is 180 g/mol. The Bertz CT molecular complexity index is 221. The number of carboxylic acids is 2. The van der Waals surface area contributed by atoms with Crippen LogP contribution in [0, 0.1) is 5.92 Å². The van der Waals surface area contributed by atoms with Gasteiger partial charge < -0.3 is 14.9 Å². The van der Waals surface area contributed by atoms with Crippen LogP contribution in [0.1, 0.15) is 12.8 Å². The zero-order chi connectivity index (χ0) is 10.4. The molecule has 74 valence electrons. The van der Waals surface area contributed by atoms with Gasteiger partial charge in [0, 0.05) is 6.42 Å². The van der Waals surface area contributed by atoms with Gasteiger partial charge in [0.05, 0.1) is 7.11 Å². The first kappa shape index (κ1) is 11.4. The van der Waals surface area contributed by atoms with E-state index in [0.717, 1.165) is 7.11 Å². The van der Waals surface area contributed by atoms with Gasteiger partial charge in [-0.2, -0.15) is 0 Å². The number of rotatable bonds is 5. The Morgan fingerprint density at radius 1 is 1.31 bits per heavy atom. The van der Waals surface area contributed by atoms with Crippen molar-refractivity contribution in [1.29, 1.82) is 0 Å². The summed E-state index contributed by atoms with van der Waals surface area (Å²) in [6, 6.07) is 0. The molecule has 0 saturated heterocycles. The standard InChI is InChI=1S/C7H10O6/c1-13-7(12)4(6(10)11)2-3-5(8)9/h4H,2-3H2,1H3,(H,8,9)(H,10,11). The Kier molecular flexibility index (Phi) is 4.50. The molecule has 13 heavy (non-hydrogen) atoms. The largest absolute Gasteiger partial charge is 0.481 e. The first-order chi connectivity index (χ1) is 5.99. The summed E-state index contributed by atoms with van der Waals surface area (Å²) < 4.78 is 4.19. The summed E-state index contributed by atoms with van der Waals surface area (Å²) in [5.74, 6) is -4.82. The lowest BCUT2D eigenvalue weighted by molar-refractivity contribution is -0.157. The third-order valence-corrected chi connectivity index (χ3v) is 1.43. The predicted molar refractivity (Wildman–Crippen MR) is 40.0 cm³/mol. The van der Waals surface area contributed by atoms with E-state index >= 15 is 0 Å². The van der Waals surface area contributed by atoms with Crippen LogP contribution in [0.15, 0.2) is 0 Å². The first-order valence-electron chi connectivity index (χ1n) is 3.51. The summed E-state index contributed by atoms with van der Waals surface area (Å²) in [6.07, 6.45) is -0.622. The van der Waals surface area contributed by atoms with Crippen molar-refractivity contribution in [3.05, 3.63) is 0 Å². The zero-order valence-corrected chi connectivity index (χ0v) is 7.02. The highest BCUT2D eigenvalue weighted by Gasteiger charge is 2.27. The second-order valence-electron chi connectivity index (χ2n) is 2.35. The minimum absolute atomic E-state index is 0.253. The highest BCUT2D eigenvalue weighted by molar-refractivity contribution is 5.94. The van der Waals surface area contributed by atoms with E-state index in [-0.39, 0.29) is 12.8 Å². The number of hydrogen-bond donors (Lipinski definition) is 2. The number of ether oxygens (including phenoxy) is 1. The number of hydrogen-bond acceptors (Lipinski definition) is 4. The molecule has 1 atom stereocenters. The minimum Gasteiger partial charge on any atom is -0.481 e. The number of carbonyl (C=O) groups excluding carboxylic acids is 1. The summed E-state index contributed by atoms with van der Waals surface area (Å²) in [4.78, 5) is 31.3. The highest BCUT2D eigenvalue weighted by Crippen LogP contribution is 2.08. The second kappa shape index (κ2) is 5.13. The number of esters is 1. The third-order valence-electron chi connectivity index (χ3n) is 1.43. The van der Waals surface area contributed by atoms with E-state index < -0.39 is 23.8 Å². The number of carboxylic acid groups (broad SMARTS) is 2. The lowest BCUT2D eigenvalue weighted by Gasteiger charge is -2.07. The summed E-state index contributed by atoms with van der Waals surface area (Å²) >= 11 is 0. The summed E-state index contributed by atoms with van der Waals surface area (Å²) in [5, 5.41) is 16.7. The Hall–Kier alpha value is -1.59. The Morgan fingerprint density at radius 3 is 2.15 bits per heavy atom. The van der Waals surface area contributed by atoms with Gasteiger partial charge in [-0.25, -0.2) is 0 Å². The Labute approximate surface area is 74.1 Å². The maximum atomic E-state index is 10.8. The number of aliphatic carboxylic acids is 2. The molecule has 0 spiro atoms. The normalized spacial score (nSPS) is 11.8. The highest BCUT2D eigenvalue weighted by atomic mass is 16.5. The summed E-state index contributed by atoms with van der Waals surface area (Å²) in [7, 11) is 1.05. The van der Waals surface area contributed by atoms with E-state index in [9.17, 15) is 14.4 Å². The van der Waals surface area contributed by atoms with Crippen LogP contribution in [0.5, 0.6) is 0 Å². The van der Waals surface area contributed by atoms with Gasteiger partial charge in [-0.1, -0.05) is 0 Å². The molecule has 0 aliphatic carbocycles. The summed E-state index contributed by atoms with van der Waals surface area (Å²) in [5.41, 5.74) is 0. The van der Waals surface area contributed by atoms with Gasteiger partial charge in [0.25, 0.3) is 0 Å². The predicted octanol–water partition coefficient (Wildman–Crippen LogP) is -0.275. The van der Waals surface area contributed by atoms with E-state index in [4.69, 9.17) is 10.2 Å². The molecule has 0 amide bonds. The van der Waals surface area contributed by atoms with E-state index in [1.807, 2.05) is 0 Å². The quantitative estimate of drug-likeness (QED) is 0.457. The minimum atomic E-state index is -1.39. The third kappa shape index (κ3) is 4.09. The Morgan fingerprint density at radius 2 is 1.85 bits per heavy atom. The van der Waals surface area contributed by atoms with Crippen molar-refractivity contribution >= 4 is 17.9 Å². The molecular formula is C7H10O6. The molecule has 6 nitrogen and oxygen atoms in total. The van der Waals surface area contributed by atoms with Gasteiger partial charge in [0.2, 0.25) is 0 Å². The summed E-state index contributed by atoms with van der Waals surface area (Å²) in [6.45, 7) is 0. The van der Waals surface area contributed by atoms with Crippen molar-refractivity contribution in [3.8, 4) is 0 Å². The molecule has 0 saturated carbocycles. The maximum absolute atomic E-state index is 10.8. The molecule has 0 fully saturated rings. The molecule has 0 aromatic heterocycles. The van der Waals surface area contributed by atoms with Crippen molar-refractivity contribution in [3.63, 3.8) is 0 Å². The molecule has 1 unspecified atom stereocenters. The van der Waals surface area contributed by atoms with E-state index in [1.165, 1.54) is 0 Å². The fourth-order valence-corrected chi connectivity index (χ4v) is 0.752. The number of methoxy groups -OCH3 is 1. The molecule has 0 bridgehead atoms. The van der Waals surface area contributed by atoms with Crippen LogP contribution in [-0.4, -0.2) is 35.2 Å². The van der Waals surface area contributed by atoms with Crippen molar-refractivity contribution < 1.29 is 29.3 Å². The lowest BCUT2D eigenvalue weighted by atomic mass is 10.0. The molecule has 2 N–H and O–H groups in total. The van der Waals surface area contributed by atoms with Crippen molar-refractivity contribution in [2.24, 2.45) is 5.92 Å². The molecule has 6 heteroatoms. The van der Waals surface area contributed by atoms with Gasteiger partial charge in [0.1, 0.15) is 0 Å². The van der Waals surface area contributed by atoms with Crippen LogP contribution in [0.2, 0.25) is 0 Å². The SMILES string of the molecule is COC(=O)C(CCC(=O)O)C(=O)O. The molecule has 0 heterocycles. The van der Waals surface area contributed by atoms with Crippen molar-refractivity contribution in [1.82, 2.24) is 0 Å². The average Bonchev–Trinajstić information content (AvgIpc) is 2.03. The topological polar surface area (TPSA) is 101 Å². The van der Waals surface area contributed by atoms with Crippen LogP contribution in [-0.2, 0) is 19.1 Å². The van der Waals surface area contributed by atoms with Crippen LogP contribution in [0.4, 0.5) is 0 Å². The van der Waals surface area contributed by atoms with Crippen LogP contribution in [0.25, 0.3) is 0 Å². The van der Waals surface area contributed by atoms with Gasteiger partial charge in [-0.15, -0.1) is 0 Å². The maximum Gasteiger partial charge on any atom is 0.320 e. The molecule has 0 aromatic carbocycles. The lowest BCUT2D eigenvalue weighted by Crippen LogP contribution is -2.25. The zero-order valence-electron chi connectivity index (χ0n) is 7.02. The molecule has 0 aromatic rings. The number of carbonyl (C=O) groups is 3. The van der Waals surface area contributed by atoms with E-state index in [2.05, 4.69) is 4.74 Å². The van der Waals surface area contributed by atoms with Crippen molar-refractivity contribution in [2.45, 2.75) is 12.8 Å². The van der Waals surface area contributed by atoms with Crippen LogP contribution < -0.4 is 0 Å². The second-order valence-corrected chi connectivity index (χ2v) is 2.35. The monoisotopic (exact) mass is 190 g/mol. The van der Waals surface area contributed by atoms with Gasteiger partial charge >= 0.3 is 17.9 Å².